The van der Waals surface area contributed by atoms with Gasteiger partial charge in [-0.3, -0.25) is 4.79 Å². The van der Waals surface area contributed by atoms with Gasteiger partial charge in [-0.25, -0.2) is 4.39 Å². The molecule has 0 saturated heterocycles. The van der Waals surface area contributed by atoms with Crippen LogP contribution in [0.3, 0.4) is 0 Å². The lowest BCUT2D eigenvalue weighted by atomic mass is 9.98. The number of benzene rings is 3. The van der Waals surface area contributed by atoms with E-state index in [0.717, 1.165) is 22.6 Å². The number of halogens is 1. The number of rotatable bonds is 3. The van der Waals surface area contributed by atoms with Gasteiger partial charge in [0.2, 0.25) is 0 Å². The Labute approximate surface area is 157 Å². The highest BCUT2D eigenvalue weighted by atomic mass is 19.1. The molecule has 1 unspecified atom stereocenters. The lowest BCUT2D eigenvalue weighted by Gasteiger charge is -2.34. The van der Waals surface area contributed by atoms with E-state index in [1.54, 1.807) is 4.90 Å². The van der Waals surface area contributed by atoms with E-state index >= 15 is 0 Å². The third kappa shape index (κ3) is 3.34. The summed E-state index contributed by atoms with van der Waals surface area (Å²) in [6.45, 7) is 1.98. The van der Waals surface area contributed by atoms with Crippen molar-refractivity contribution >= 4 is 23.0 Å². The zero-order chi connectivity index (χ0) is 18.8. The van der Waals surface area contributed by atoms with E-state index in [9.17, 15) is 9.18 Å². The molecule has 0 aliphatic carbocycles. The largest absolute Gasteiger partial charge is 0.355 e. The zero-order valence-corrected chi connectivity index (χ0v) is 14.9. The van der Waals surface area contributed by atoms with E-state index in [-0.39, 0.29) is 17.8 Å². The van der Waals surface area contributed by atoms with E-state index in [4.69, 9.17) is 0 Å². The number of para-hydroxylation sites is 2. The van der Waals surface area contributed by atoms with Gasteiger partial charge in [-0.05, 0) is 55.5 Å². The first-order valence-corrected chi connectivity index (χ1v) is 8.86. The fraction of sp³-hybridized carbons (Fsp3) is 0.0870. The van der Waals surface area contributed by atoms with Crippen LogP contribution in [0.25, 0.3) is 5.70 Å². The van der Waals surface area contributed by atoms with Gasteiger partial charge in [0.1, 0.15) is 5.82 Å². The average molecular weight is 358 g/mol. The Morgan fingerprint density at radius 1 is 0.926 bits per heavy atom. The molecule has 1 atom stereocenters. The molecular formula is C23H19FN2O. The van der Waals surface area contributed by atoms with Crippen molar-refractivity contribution in [2.45, 2.75) is 13.0 Å². The average Bonchev–Trinajstić information content (AvgIpc) is 2.69. The van der Waals surface area contributed by atoms with Crippen LogP contribution >= 0.6 is 0 Å². The number of anilines is 2. The summed E-state index contributed by atoms with van der Waals surface area (Å²) in [6.07, 6.45) is 2.04. The molecule has 3 aromatic rings. The SMILES string of the molecule is CC1C=C(Nc2ccccc2)c2ccccc2N1C(=O)c1ccc(F)cc1. The number of hydrogen-bond acceptors (Lipinski definition) is 2. The molecule has 1 amide bonds. The molecule has 1 aliphatic heterocycles. The Hall–Kier alpha value is -3.40. The van der Waals surface area contributed by atoms with Gasteiger partial charge < -0.3 is 10.2 Å². The Morgan fingerprint density at radius 2 is 1.59 bits per heavy atom. The minimum atomic E-state index is -0.354. The topological polar surface area (TPSA) is 32.3 Å². The molecule has 27 heavy (non-hydrogen) atoms. The Bertz CT molecular complexity index is 996. The van der Waals surface area contributed by atoms with Crippen molar-refractivity contribution in [2.75, 3.05) is 10.2 Å². The molecule has 0 aromatic heterocycles. The molecule has 0 radical (unpaired) electrons. The summed E-state index contributed by atoms with van der Waals surface area (Å²) in [5.41, 5.74) is 4.21. The predicted octanol–water partition coefficient (Wildman–Crippen LogP) is 5.33. The molecular weight excluding hydrogens is 339 g/mol. The van der Waals surface area contributed by atoms with Crippen LogP contribution in [0.2, 0.25) is 0 Å². The first kappa shape index (κ1) is 17.0. The van der Waals surface area contributed by atoms with Gasteiger partial charge in [-0.15, -0.1) is 0 Å². The van der Waals surface area contributed by atoms with Crippen molar-refractivity contribution in [2.24, 2.45) is 0 Å². The summed E-state index contributed by atoms with van der Waals surface area (Å²) in [4.78, 5) is 14.9. The van der Waals surface area contributed by atoms with Crippen LogP contribution in [0.1, 0.15) is 22.8 Å². The van der Waals surface area contributed by atoms with Gasteiger partial charge >= 0.3 is 0 Å². The zero-order valence-electron chi connectivity index (χ0n) is 14.9. The molecule has 4 rings (SSSR count). The van der Waals surface area contributed by atoms with Gasteiger partial charge in [-0.1, -0.05) is 36.4 Å². The molecule has 4 heteroatoms. The van der Waals surface area contributed by atoms with Gasteiger partial charge in [0, 0.05) is 22.5 Å². The van der Waals surface area contributed by atoms with Crippen LogP contribution in [0, 0.1) is 5.82 Å². The van der Waals surface area contributed by atoms with Crippen molar-refractivity contribution in [3.05, 3.63) is 102 Å². The van der Waals surface area contributed by atoms with Gasteiger partial charge in [0.15, 0.2) is 0 Å². The quantitative estimate of drug-likeness (QED) is 0.686. The van der Waals surface area contributed by atoms with Gasteiger partial charge in [-0.2, -0.15) is 0 Å². The van der Waals surface area contributed by atoms with Crippen LogP contribution in [0.4, 0.5) is 15.8 Å². The number of carbonyl (C=O) groups is 1. The van der Waals surface area contributed by atoms with Crippen LogP contribution in [-0.2, 0) is 0 Å². The minimum absolute atomic E-state index is 0.148. The molecule has 1 N–H and O–H groups in total. The third-order valence-electron chi connectivity index (χ3n) is 4.63. The Kier molecular flexibility index (Phi) is 4.47. The van der Waals surface area contributed by atoms with Gasteiger partial charge in [0.05, 0.1) is 11.7 Å². The lowest BCUT2D eigenvalue weighted by Crippen LogP contribution is -2.40. The molecule has 1 aliphatic rings. The van der Waals surface area contributed by atoms with E-state index in [0.29, 0.717) is 5.56 Å². The maximum Gasteiger partial charge on any atom is 0.258 e. The molecule has 0 fully saturated rings. The van der Waals surface area contributed by atoms with Crippen molar-refractivity contribution in [3.8, 4) is 0 Å². The molecule has 134 valence electrons. The Balaban J connectivity index is 1.72. The highest BCUT2D eigenvalue weighted by molar-refractivity contribution is 6.09. The summed E-state index contributed by atoms with van der Waals surface area (Å²) in [6, 6.07) is 23.3. The van der Waals surface area contributed by atoms with E-state index in [1.807, 2.05) is 67.6 Å². The molecule has 0 spiro atoms. The lowest BCUT2D eigenvalue weighted by molar-refractivity contribution is 0.0982. The van der Waals surface area contributed by atoms with Crippen LogP contribution < -0.4 is 10.2 Å². The van der Waals surface area contributed by atoms with E-state index in [1.165, 1.54) is 24.3 Å². The highest BCUT2D eigenvalue weighted by Gasteiger charge is 2.29. The van der Waals surface area contributed by atoms with Crippen LogP contribution in [0.15, 0.2) is 84.9 Å². The number of fused-ring (bicyclic) bond motifs is 1. The number of nitrogens with zero attached hydrogens (tertiary/aromatic N) is 1. The monoisotopic (exact) mass is 358 g/mol. The smallest absolute Gasteiger partial charge is 0.258 e. The van der Waals surface area contributed by atoms with Crippen molar-refractivity contribution in [1.82, 2.24) is 0 Å². The second-order valence-corrected chi connectivity index (χ2v) is 6.51. The summed E-state index contributed by atoms with van der Waals surface area (Å²) in [5.74, 6) is -0.502. The van der Waals surface area contributed by atoms with Crippen molar-refractivity contribution in [3.63, 3.8) is 0 Å². The van der Waals surface area contributed by atoms with E-state index in [2.05, 4.69) is 5.32 Å². The fourth-order valence-electron chi connectivity index (χ4n) is 3.35. The maximum atomic E-state index is 13.2. The summed E-state index contributed by atoms with van der Waals surface area (Å²) >= 11 is 0. The highest BCUT2D eigenvalue weighted by Crippen LogP contribution is 2.35. The van der Waals surface area contributed by atoms with Crippen LogP contribution in [0.5, 0.6) is 0 Å². The van der Waals surface area contributed by atoms with Crippen molar-refractivity contribution in [1.29, 1.82) is 0 Å². The first-order valence-electron chi connectivity index (χ1n) is 8.86. The number of carbonyl (C=O) groups excluding carboxylic acids is 1. The minimum Gasteiger partial charge on any atom is -0.355 e. The summed E-state index contributed by atoms with van der Waals surface area (Å²) in [5, 5.41) is 3.45. The summed E-state index contributed by atoms with van der Waals surface area (Å²) in [7, 11) is 0. The second-order valence-electron chi connectivity index (χ2n) is 6.51. The molecule has 0 bridgehead atoms. The summed E-state index contributed by atoms with van der Waals surface area (Å²) < 4.78 is 13.2. The molecule has 3 nitrogen and oxygen atoms in total. The van der Waals surface area contributed by atoms with E-state index < -0.39 is 0 Å². The maximum absolute atomic E-state index is 13.2. The number of nitrogens with one attached hydrogen (secondary N) is 1. The van der Waals surface area contributed by atoms with Crippen LogP contribution in [-0.4, -0.2) is 11.9 Å². The normalized spacial score (nSPS) is 15.7. The van der Waals surface area contributed by atoms with Gasteiger partial charge in [0.25, 0.3) is 5.91 Å². The first-order chi connectivity index (χ1) is 13.1. The standard InChI is InChI=1S/C23H19FN2O/c1-16-15-21(25-19-7-3-2-4-8-19)20-9-5-6-10-22(20)26(16)23(27)17-11-13-18(24)14-12-17/h2-16,25H,1H3. The molecule has 0 saturated carbocycles. The second kappa shape index (κ2) is 7.08. The molecule has 1 heterocycles. The Morgan fingerprint density at radius 3 is 2.33 bits per heavy atom. The third-order valence-corrected chi connectivity index (χ3v) is 4.63. The fourth-order valence-corrected chi connectivity index (χ4v) is 3.35. The number of hydrogen-bond donors (Lipinski definition) is 1. The van der Waals surface area contributed by atoms with Crippen molar-refractivity contribution < 1.29 is 9.18 Å². The predicted molar refractivity (Wildman–Crippen MR) is 107 cm³/mol. The number of amides is 1. The molecule has 3 aromatic carbocycles.